The van der Waals surface area contributed by atoms with E-state index in [1.165, 1.54) is 0 Å². The average molecular weight is 386 g/mol. The van der Waals surface area contributed by atoms with Crippen LogP contribution in [0.15, 0.2) is 42.5 Å². The Morgan fingerprint density at radius 2 is 1.93 bits per heavy atom. The molecule has 2 heterocycles. The molecule has 6 nitrogen and oxygen atoms in total. The van der Waals surface area contributed by atoms with Crippen molar-refractivity contribution in [3.8, 4) is 16.9 Å². The molecule has 2 aliphatic rings. The van der Waals surface area contributed by atoms with E-state index in [0.717, 1.165) is 16.7 Å². The second kappa shape index (κ2) is 6.35. The molecule has 4 rings (SSSR count). The van der Waals surface area contributed by atoms with E-state index in [-0.39, 0.29) is 11.7 Å². The third-order valence-electron chi connectivity index (χ3n) is 4.96. The molecular formula is C20H22N2O4S. The maximum absolute atomic E-state index is 12.0. The number of hydrogen-bond donors (Lipinski definition) is 1. The molecule has 1 amide bonds. The van der Waals surface area contributed by atoms with Crippen LogP contribution in [0.4, 0.5) is 5.69 Å². The van der Waals surface area contributed by atoms with Crippen molar-refractivity contribution in [2.24, 2.45) is 0 Å². The molecule has 0 bridgehead atoms. The second-order valence-electron chi connectivity index (χ2n) is 7.48. The quantitative estimate of drug-likeness (QED) is 0.880. The standard InChI is InChI=1S/C20H22N2O4S/c1-20(2)19(23)21-17-8-7-16(12-18(17)26-20)15-6-3-5-14(11-15)13-22-9-4-10-27(22,24)25/h3,5-8,11-12H,4,9-10,13H2,1-2H3,(H,21,23). The van der Waals surface area contributed by atoms with Crippen molar-refractivity contribution in [2.45, 2.75) is 32.4 Å². The van der Waals surface area contributed by atoms with Gasteiger partial charge in [-0.1, -0.05) is 24.3 Å². The van der Waals surface area contributed by atoms with Crippen LogP contribution in [0.3, 0.4) is 0 Å². The van der Waals surface area contributed by atoms with E-state index >= 15 is 0 Å². The summed E-state index contributed by atoms with van der Waals surface area (Å²) >= 11 is 0. The molecule has 0 spiro atoms. The van der Waals surface area contributed by atoms with Crippen LogP contribution in [0.1, 0.15) is 25.8 Å². The van der Waals surface area contributed by atoms with Crippen molar-refractivity contribution >= 4 is 21.6 Å². The summed E-state index contributed by atoms with van der Waals surface area (Å²) in [5.74, 6) is 0.692. The maximum atomic E-state index is 12.0. The molecule has 0 aliphatic carbocycles. The van der Waals surface area contributed by atoms with Crippen LogP contribution in [0.5, 0.6) is 5.75 Å². The van der Waals surface area contributed by atoms with Crippen LogP contribution in [-0.4, -0.2) is 36.5 Å². The number of ether oxygens (including phenoxy) is 1. The van der Waals surface area contributed by atoms with Crippen LogP contribution in [-0.2, 0) is 21.4 Å². The van der Waals surface area contributed by atoms with Crippen molar-refractivity contribution in [3.63, 3.8) is 0 Å². The number of benzene rings is 2. The van der Waals surface area contributed by atoms with Gasteiger partial charge in [-0.15, -0.1) is 0 Å². The summed E-state index contributed by atoms with van der Waals surface area (Å²) in [5, 5.41) is 2.86. The number of anilines is 1. The lowest BCUT2D eigenvalue weighted by Gasteiger charge is -2.31. The predicted molar refractivity (Wildman–Crippen MR) is 104 cm³/mol. The number of fused-ring (bicyclic) bond motifs is 1. The lowest BCUT2D eigenvalue weighted by atomic mass is 10.0. The van der Waals surface area contributed by atoms with Gasteiger partial charge in [-0.3, -0.25) is 4.79 Å². The first kappa shape index (κ1) is 18.0. The summed E-state index contributed by atoms with van der Waals surface area (Å²) in [6, 6.07) is 13.5. The molecule has 1 saturated heterocycles. The summed E-state index contributed by atoms with van der Waals surface area (Å²) in [5.41, 5.74) is 2.61. The Morgan fingerprint density at radius 3 is 2.67 bits per heavy atom. The molecule has 0 saturated carbocycles. The molecule has 2 aromatic carbocycles. The number of sulfonamides is 1. The number of carbonyl (C=O) groups excluding carboxylic acids is 1. The predicted octanol–water partition coefficient (Wildman–Crippen LogP) is 3.00. The monoisotopic (exact) mass is 386 g/mol. The maximum Gasteiger partial charge on any atom is 0.268 e. The van der Waals surface area contributed by atoms with Gasteiger partial charge in [0.25, 0.3) is 5.91 Å². The summed E-state index contributed by atoms with van der Waals surface area (Å²) < 4.78 is 31.5. The third-order valence-corrected chi connectivity index (χ3v) is 6.87. The van der Waals surface area contributed by atoms with Gasteiger partial charge in [-0.2, -0.15) is 4.31 Å². The van der Waals surface area contributed by atoms with E-state index in [2.05, 4.69) is 5.32 Å². The van der Waals surface area contributed by atoms with Crippen molar-refractivity contribution in [1.29, 1.82) is 0 Å². The van der Waals surface area contributed by atoms with Crippen LogP contribution in [0, 0.1) is 0 Å². The highest BCUT2D eigenvalue weighted by Gasteiger charge is 2.35. The van der Waals surface area contributed by atoms with Crippen LogP contribution in [0.2, 0.25) is 0 Å². The van der Waals surface area contributed by atoms with Crippen molar-refractivity contribution in [3.05, 3.63) is 48.0 Å². The Balaban J connectivity index is 1.62. The summed E-state index contributed by atoms with van der Waals surface area (Å²) in [7, 11) is -3.12. The Hall–Kier alpha value is -2.38. The minimum absolute atomic E-state index is 0.170. The molecule has 1 fully saturated rings. The van der Waals surface area contributed by atoms with E-state index in [1.54, 1.807) is 18.2 Å². The molecule has 0 radical (unpaired) electrons. The molecule has 2 aliphatic heterocycles. The second-order valence-corrected chi connectivity index (χ2v) is 9.57. The largest absolute Gasteiger partial charge is 0.476 e. The van der Waals surface area contributed by atoms with Crippen LogP contribution < -0.4 is 10.1 Å². The summed E-state index contributed by atoms with van der Waals surface area (Å²) in [6.45, 7) is 4.43. The highest BCUT2D eigenvalue weighted by atomic mass is 32.2. The zero-order valence-corrected chi connectivity index (χ0v) is 16.2. The normalized spacial score (nSPS) is 20.6. The molecule has 142 valence electrons. The Kier molecular flexibility index (Phi) is 4.24. The van der Waals surface area contributed by atoms with Gasteiger partial charge < -0.3 is 10.1 Å². The van der Waals surface area contributed by atoms with Crippen molar-refractivity contribution in [2.75, 3.05) is 17.6 Å². The number of amides is 1. The van der Waals surface area contributed by atoms with Crippen LogP contribution in [0.25, 0.3) is 11.1 Å². The zero-order chi connectivity index (χ0) is 19.2. The van der Waals surface area contributed by atoms with E-state index in [4.69, 9.17) is 4.74 Å². The topological polar surface area (TPSA) is 75.7 Å². The van der Waals surface area contributed by atoms with E-state index in [1.807, 2.05) is 42.5 Å². The van der Waals surface area contributed by atoms with Gasteiger partial charge in [-0.25, -0.2) is 8.42 Å². The fraction of sp³-hybridized carbons (Fsp3) is 0.350. The fourth-order valence-corrected chi connectivity index (χ4v) is 4.91. The first-order valence-electron chi connectivity index (χ1n) is 8.96. The van der Waals surface area contributed by atoms with Gasteiger partial charge in [-0.05, 0) is 55.2 Å². The van der Waals surface area contributed by atoms with Gasteiger partial charge >= 0.3 is 0 Å². The summed E-state index contributed by atoms with van der Waals surface area (Å²) in [6.07, 6.45) is 0.686. The lowest BCUT2D eigenvalue weighted by molar-refractivity contribution is -0.129. The van der Waals surface area contributed by atoms with Gasteiger partial charge in [0.15, 0.2) is 5.60 Å². The third kappa shape index (κ3) is 3.44. The molecular weight excluding hydrogens is 364 g/mol. The molecule has 27 heavy (non-hydrogen) atoms. The fourth-order valence-electron chi connectivity index (χ4n) is 3.41. The highest BCUT2D eigenvalue weighted by molar-refractivity contribution is 7.89. The van der Waals surface area contributed by atoms with Crippen molar-refractivity contribution < 1.29 is 17.9 Å². The minimum atomic E-state index is -3.12. The van der Waals surface area contributed by atoms with Gasteiger partial charge in [0.05, 0.1) is 11.4 Å². The number of carbonyl (C=O) groups is 1. The first-order valence-corrected chi connectivity index (χ1v) is 10.6. The average Bonchev–Trinajstić information content (AvgIpc) is 2.94. The van der Waals surface area contributed by atoms with Gasteiger partial charge in [0.1, 0.15) is 5.75 Å². The van der Waals surface area contributed by atoms with E-state index in [0.29, 0.717) is 30.9 Å². The SMILES string of the molecule is CC1(C)Oc2cc(-c3cccc(CN4CCCS4(=O)=O)c3)ccc2NC1=O. The number of nitrogens with one attached hydrogen (secondary N) is 1. The van der Waals surface area contributed by atoms with E-state index in [9.17, 15) is 13.2 Å². The zero-order valence-electron chi connectivity index (χ0n) is 15.4. The lowest BCUT2D eigenvalue weighted by Crippen LogP contribution is -2.45. The smallest absolute Gasteiger partial charge is 0.268 e. The number of hydrogen-bond acceptors (Lipinski definition) is 4. The van der Waals surface area contributed by atoms with E-state index < -0.39 is 15.6 Å². The molecule has 1 N–H and O–H groups in total. The highest BCUT2D eigenvalue weighted by Crippen LogP contribution is 2.37. The molecule has 2 aromatic rings. The minimum Gasteiger partial charge on any atom is -0.476 e. The Labute approximate surface area is 159 Å². The Morgan fingerprint density at radius 1 is 1.15 bits per heavy atom. The van der Waals surface area contributed by atoms with Crippen LogP contribution >= 0.6 is 0 Å². The summed E-state index contributed by atoms with van der Waals surface area (Å²) in [4.78, 5) is 12.0. The first-order chi connectivity index (χ1) is 12.7. The molecule has 7 heteroatoms. The molecule has 0 unspecified atom stereocenters. The van der Waals surface area contributed by atoms with Crippen molar-refractivity contribution in [1.82, 2.24) is 4.31 Å². The number of rotatable bonds is 3. The molecule has 0 atom stereocenters. The molecule has 0 aromatic heterocycles. The van der Waals surface area contributed by atoms with Gasteiger partial charge in [0, 0.05) is 13.1 Å². The van der Waals surface area contributed by atoms with Gasteiger partial charge in [0.2, 0.25) is 10.0 Å². The number of nitrogens with zero attached hydrogens (tertiary/aromatic N) is 1. The Bertz CT molecular complexity index is 1010.